The van der Waals surface area contributed by atoms with Crippen molar-refractivity contribution in [2.45, 2.75) is 50.0 Å². The van der Waals surface area contributed by atoms with E-state index in [4.69, 9.17) is 4.74 Å². The smallest absolute Gasteiger partial charge is 0.222 e. The third kappa shape index (κ3) is 3.69. The maximum absolute atomic E-state index is 12.3. The lowest BCUT2D eigenvalue weighted by atomic mass is 9.76. The summed E-state index contributed by atoms with van der Waals surface area (Å²) in [5, 5.41) is 0. The molecule has 2 heterocycles. The molecular formula is C21H30N2O2. The Hall–Kier alpha value is -1.55. The SMILES string of the molecule is CN(C)C(=O)C[C@H]1CC2(CCN(CC3CC3)CC2)Oc2ccccc21. The highest BCUT2D eigenvalue weighted by atomic mass is 16.5. The van der Waals surface area contributed by atoms with E-state index in [1.807, 2.05) is 20.2 Å². The van der Waals surface area contributed by atoms with E-state index < -0.39 is 0 Å². The zero-order valence-electron chi connectivity index (χ0n) is 15.5. The second-order valence-electron chi connectivity index (χ2n) is 8.46. The van der Waals surface area contributed by atoms with Crippen LogP contribution in [0.1, 0.15) is 50.0 Å². The van der Waals surface area contributed by atoms with E-state index in [1.165, 1.54) is 24.9 Å². The van der Waals surface area contributed by atoms with Crippen molar-refractivity contribution in [1.82, 2.24) is 9.80 Å². The minimum Gasteiger partial charge on any atom is -0.487 e. The van der Waals surface area contributed by atoms with Crippen LogP contribution in [-0.2, 0) is 4.79 Å². The van der Waals surface area contributed by atoms with Gasteiger partial charge in [0.25, 0.3) is 0 Å². The van der Waals surface area contributed by atoms with E-state index in [2.05, 4.69) is 23.1 Å². The summed E-state index contributed by atoms with van der Waals surface area (Å²) in [4.78, 5) is 16.7. The van der Waals surface area contributed by atoms with Crippen molar-refractivity contribution < 1.29 is 9.53 Å². The van der Waals surface area contributed by atoms with Crippen molar-refractivity contribution in [2.24, 2.45) is 5.92 Å². The van der Waals surface area contributed by atoms with Gasteiger partial charge in [-0.1, -0.05) is 18.2 Å². The van der Waals surface area contributed by atoms with Crippen molar-refractivity contribution in [1.29, 1.82) is 0 Å². The number of hydrogen-bond acceptors (Lipinski definition) is 3. The summed E-state index contributed by atoms with van der Waals surface area (Å²) in [5.74, 6) is 2.44. The summed E-state index contributed by atoms with van der Waals surface area (Å²) in [7, 11) is 3.69. The minimum atomic E-state index is -0.0777. The lowest BCUT2D eigenvalue weighted by Gasteiger charge is -2.47. The van der Waals surface area contributed by atoms with Crippen LogP contribution in [0.2, 0.25) is 0 Å². The number of para-hydroxylation sites is 1. The van der Waals surface area contributed by atoms with Gasteiger partial charge in [-0.15, -0.1) is 0 Å². The summed E-state index contributed by atoms with van der Waals surface area (Å²) in [6, 6.07) is 8.33. The fourth-order valence-electron chi connectivity index (χ4n) is 4.44. The fourth-order valence-corrected chi connectivity index (χ4v) is 4.44. The van der Waals surface area contributed by atoms with E-state index in [9.17, 15) is 4.79 Å². The standard InChI is InChI=1S/C21H30N2O2/c1-22(2)20(24)13-17-14-21(25-19-6-4-3-5-18(17)19)9-11-23(12-10-21)15-16-7-8-16/h3-6,16-17H,7-15H2,1-2H3/t17-/m0/s1. The van der Waals surface area contributed by atoms with Gasteiger partial charge in [-0.25, -0.2) is 0 Å². The highest BCUT2D eigenvalue weighted by Gasteiger charge is 2.44. The van der Waals surface area contributed by atoms with Crippen LogP contribution in [0.4, 0.5) is 0 Å². The number of nitrogens with zero attached hydrogens (tertiary/aromatic N) is 2. The van der Waals surface area contributed by atoms with Crippen LogP contribution in [-0.4, -0.2) is 55.0 Å². The number of hydrogen-bond donors (Lipinski definition) is 0. The molecule has 1 amide bonds. The van der Waals surface area contributed by atoms with Crippen molar-refractivity contribution in [2.75, 3.05) is 33.7 Å². The molecule has 3 aliphatic rings. The molecule has 0 bridgehead atoms. The van der Waals surface area contributed by atoms with Crippen LogP contribution in [0.5, 0.6) is 5.75 Å². The van der Waals surface area contributed by atoms with Gasteiger partial charge < -0.3 is 14.5 Å². The molecule has 1 saturated carbocycles. The highest BCUT2D eigenvalue weighted by Crippen LogP contribution is 2.47. The quantitative estimate of drug-likeness (QED) is 0.842. The van der Waals surface area contributed by atoms with Crippen LogP contribution in [0.15, 0.2) is 24.3 Å². The first-order chi connectivity index (χ1) is 12.0. The maximum Gasteiger partial charge on any atom is 0.222 e. The zero-order chi connectivity index (χ0) is 17.4. The number of likely N-dealkylation sites (tertiary alicyclic amines) is 1. The first-order valence-corrected chi connectivity index (χ1v) is 9.75. The Labute approximate surface area is 151 Å². The lowest BCUT2D eigenvalue weighted by molar-refractivity contribution is -0.129. The van der Waals surface area contributed by atoms with Crippen LogP contribution in [0.3, 0.4) is 0 Å². The molecule has 136 valence electrons. The molecule has 2 fully saturated rings. The molecule has 2 aliphatic heterocycles. The van der Waals surface area contributed by atoms with Gasteiger partial charge in [0.05, 0.1) is 0 Å². The van der Waals surface area contributed by atoms with Crippen molar-refractivity contribution in [3.63, 3.8) is 0 Å². The summed E-state index contributed by atoms with van der Waals surface area (Å²) < 4.78 is 6.55. The van der Waals surface area contributed by atoms with E-state index in [1.54, 1.807) is 4.90 Å². The van der Waals surface area contributed by atoms with Gasteiger partial charge in [0, 0.05) is 46.1 Å². The predicted octanol–water partition coefficient (Wildman–Crippen LogP) is 3.28. The second-order valence-corrected chi connectivity index (χ2v) is 8.46. The van der Waals surface area contributed by atoms with Crippen LogP contribution >= 0.6 is 0 Å². The summed E-state index contributed by atoms with van der Waals surface area (Å²) >= 11 is 0. The maximum atomic E-state index is 12.3. The minimum absolute atomic E-state index is 0.0777. The van der Waals surface area contributed by atoms with Crippen LogP contribution < -0.4 is 4.74 Å². The van der Waals surface area contributed by atoms with E-state index in [-0.39, 0.29) is 17.4 Å². The molecule has 25 heavy (non-hydrogen) atoms. The summed E-state index contributed by atoms with van der Waals surface area (Å²) in [6.07, 6.45) is 6.56. The monoisotopic (exact) mass is 342 g/mol. The van der Waals surface area contributed by atoms with Crippen molar-refractivity contribution >= 4 is 5.91 Å². The number of carbonyl (C=O) groups is 1. The Balaban J connectivity index is 1.50. The largest absolute Gasteiger partial charge is 0.487 e. The highest BCUT2D eigenvalue weighted by molar-refractivity contribution is 5.76. The zero-order valence-corrected chi connectivity index (χ0v) is 15.5. The molecule has 1 saturated heterocycles. The average Bonchev–Trinajstić information content (AvgIpc) is 3.41. The molecule has 0 radical (unpaired) electrons. The normalized spacial score (nSPS) is 25.3. The van der Waals surface area contributed by atoms with E-state index in [0.717, 1.165) is 44.0 Å². The van der Waals surface area contributed by atoms with Gasteiger partial charge >= 0.3 is 0 Å². The lowest BCUT2D eigenvalue weighted by Crippen LogP contribution is -2.51. The number of fused-ring (bicyclic) bond motifs is 1. The van der Waals surface area contributed by atoms with Crippen molar-refractivity contribution in [3.05, 3.63) is 29.8 Å². The summed E-state index contributed by atoms with van der Waals surface area (Å²) in [6.45, 7) is 3.54. The second kappa shape index (κ2) is 6.64. The Morgan fingerprint density at radius 1 is 1.24 bits per heavy atom. The molecule has 4 nitrogen and oxygen atoms in total. The molecule has 4 heteroatoms. The predicted molar refractivity (Wildman–Crippen MR) is 98.9 cm³/mol. The molecule has 0 unspecified atom stereocenters. The number of rotatable bonds is 4. The molecule has 1 aliphatic carbocycles. The molecule has 0 aromatic heterocycles. The fraction of sp³-hybridized carbons (Fsp3) is 0.667. The molecule has 1 aromatic rings. The summed E-state index contributed by atoms with van der Waals surface area (Å²) in [5.41, 5.74) is 1.13. The molecule has 1 aromatic carbocycles. The number of ether oxygens (including phenoxy) is 1. The van der Waals surface area contributed by atoms with Gasteiger partial charge in [-0.3, -0.25) is 4.79 Å². The third-order valence-corrected chi connectivity index (χ3v) is 6.20. The van der Waals surface area contributed by atoms with Gasteiger partial charge in [0.1, 0.15) is 11.4 Å². The van der Waals surface area contributed by atoms with Gasteiger partial charge in [-0.2, -0.15) is 0 Å². The van der Waals surface area contributed by atoms with Gasteiger partial charge in [0.2, 0.25) is 5.91 Å². The number of benzene rings is 1. The van der Waals surface area contributed by atoms with Gasteiger partial charge in [0.15, 0.2) is 0 Å². The van der Waals surface area contributed by atoms with Crippen LogP contribution in [0, 0.1) is 5.92 Å². The number of piperidine rings is 1. The Morgan fingerprint density at radius 3 is 2.64 bits per heavy atom. The van der Waals surface area contributed by atoms with E-state index >= 15 is 0 Å². The number of carbonyl (C=O) groups excluding carboxylic acids is 1. The Kier molecular flexibility index (Phi) is 4.48. The third-order valence-electron chi connectivity index (χ3n) is 6.20. The first kappa shape index (κ1) is 16.9. The Morgan fingerprint density at radius 2 is 1.96 bits per heavy atom. The molecule has 0 N–H and O–H groups in total. The topological polar surface area (TPSA) is 32.8 Å². The average molecular weight is 342 g/mol. The molecule has 1 spiro atoms. The Bertz CT molecular complexity index is 631. The number of amides is 1. The molecular weight excluding hydrogens is 312 g/mol. The molecule has 4 rings (SSSR count). The van der Waals surface area contributed by atoms with Crippen molar-refractivity contribution in [3.8, 4) is 5.75 Å². The van der Waals surface area contributed by atoms with Crippen LogP contribution in [0.25, 0.3) is 0 Å². The van der Waals surface area contributed by atoms with Gasteiger partial charge in [-0.05, 0) is 49.7 Å². The van der Waals surface area contributed by atoms with E-state index in [0.29, 0.717) is 6.42 Å². The molecule has 1 atom stereocenters. The first-order valence-electron chi connectivity index (χ1n) is 9.75.